The first-order chi connectivity index (χ1) is 38.6. The van der Waals surface area contributed by atoms with Crippen molar-refractivity contribution in [3.63, 3.8) is 0 Å². The number of allylic oxidation sites excluding steroid dienone is 4. The summed E-state index contributed by atoms with van der Waals surface area (Å²) in [7, 11) is 0. The van der Waals surface area contributed by atoms with Gasteiger partial charge in [-0.3, -0.25) is 0 Å². The maximum absolute atomic E-state index is 7.31. The van der Waals surface area contributed by atoms with Crippen LogP contribution >= 0.6 is 11.3 Å². The van der Waals surface area contributed by atoms with E-state index in [2.05, 4.69) is 230 Å². The van der Waals surface area contributed by atoms with Crippen LogP contribution in [-0.2, 0) is 10.8 Å². The quantitative estimate of drug-likeness (QED) is 0.158. The fourth-order valence-electron chi connectivity index (χ4n) is 16.4. The van der Waals surface area contributed by atoms with Crippen molar-refractivity contribution in [3.05, 3.63) is 274 Å². The van der Waals surface area contributed by atoms with E-state index in [1.165, 1.54) is 157 Å². The van der Waals surface area contributed by atoms with Crippen LogP contribution in [0.15, 0.2) is 224 Å². The van der Waals surface area contributed by atoms with Crippen LogP contribution in [0.2, 0.25) is 0 Å². The van der Waals surface area contributed by atoms with Gasteiger partial charge >= 0.3 is 0 Å². The molecule has 2 fully saturated rings. The molecule has 3 atom stereocenters. The van der Waals surface area contributed by atoms with Crippen molar-refractivity contribution in [1.29, 1.82) is 0 Å². The zero-order chi connectivity index (χ0) is 51.5. The molecule has 78 heavy (non-hydrogen) atoms. The van der Waals surface area contributed by atoms with Crippen LogP contribution < -0.4 is 9.64 Å². The Morgan fingerprint density at radius 2 is 1.09 bits per heavy atom. The second-order valence-electron chi connectivity index (χ2n) is 23.5. The molecule has 5 aliphatic carbocycles. The molecule has 380 valence electrons. The SMILES string of the molecule is CC1C2=C(C=CC1C1CCCCC1)c1ccc(C3CCCCC3)cc1C21c2ccccc2Oc2ccc(N(c3ccc4c(c3)C(c3ccccc3)(c3ccccc3)c3ccccc3-4)c3cccc4sc5ccccc5c34)cc21. The molecule has 6 aliphatic rings. The van der Waals surface area contributed by atoms with Gasteiger partial charge in [0, 0.05) is 42.7 Å². The average molecular weight is 1030 g/mol. The third-order valence-corrected chi connectivity index (χ3v) is 20.8. The highest BCUT2D eigenvalue weighted by Gasteiger charge is 2.56. The average Bonchev–Trinajstić information content (AvgIpc) is 3.06. The Bertz CT molecular complexity index is 4030. The Kier molecular flexibility index (Phi) is 10.8. The molecule has 0 bridgehead atoms. The van der Waals surface area contributed by atoms with Crippen LogP contribution in [0.25, 0.3) is 36.9 Å². The highest BCUT2D eigenvalue weighted by atomic mass is 32.1. The minimum absolute atomic E-state index is 0.325. The molecule has 3 unspecified atom stereocenters. The van der Waals surface area contributed by atoms with Crippen molar-refractivity contribution in [2.24, 2.45) is 17.8 Å². The highest BCUT2D eigenvalue weighted by molar-refractivity contribution is 7.26. The lowest BCUT2D eigenvalue weighted by atomic mass is 9.58. The van der Waals surface area contributed by atoms with Crippen LogP contribution in [0.4, 0.5) is 17.1 Å². The van der Waals surface area contributed by atoms with Crippen LogP contribution in [0.1, 0.15) is 127 Å². The largest absolute Gasteiger partial charge is 0.457 e. The van der Waals surface area contributed by atoms with Crippen molar-refractivity contribution in [2.45, 2.75) is 87.9 Å². The number of benzene rings is 9. The molecule has 3 heteroatoms. The maximum atomic E-state index is 7.31. The van der Waals surface area contributed by atoms with Gasteiger partial charge in [-0.05, 0) is 165 Å². The molecule has 1 aromatic heterocycles. The molecule has 0 radical (unpaired) electrons. The van der Waals surface area contributed by atoms with Crippen LogP contribution in [-0.4, -0.2) is 0 Å². The molecule has 0 saturated heterocycles. The molecular formula is C75H63NOS. The van der Waals surface area contributed by atoms with Gasteiger partial charge in [-0.2, -0.15) is 0 Å². The van der Waals surface area contributed by atoms with E-state index < -0.39 is 10.8 Å². The molecule has 2 nitrogen and oxygen atoms in total. The van der Waals surface area contributed by atoms with Crippen molar-refractivity contribution < 1.29 is 4.74 Å². The molecule has 2 heterocycles. The number of fused-ring (bicyclic) bond motifs is 14. The van der Waals surface area contributed by atoms with Crippen molar-refractivity contribution in [1.82, 2.24) is 0 Å². The third-order valence-electron chi connectivity index (χ3n) is 19.7. The van der Waals surface area contributed by atoms with E-state index >= 15 is 0 Å². The third kappa shape index (κ3) is 6.67. The first-order valence-electron chi connectivity index (χ1n) is 29.2. The smallest absolute Gasteiger partial charge is 0.132 e. The summed E-state index contributed by atoms with van der Waals surface area (Å²) in [5.74, 6) is 3.97. The predicted octanol–water partition coefficient (Wildman–Crippen LogP) is 20.5. The number of anilines is 3. The standard InChI is InChI=1S/C75H63NOS/c1-48-56(50-23-8-3-9-24-50)42-43-60-59-40-37-51(49-21-6-2-7-22-49)45-64(59)75(73(48)60)63-32-17-18-34-68(63)77-69-44-39-55(47-66(69)75)76(67-33-20-36-71-72(67)61-30-15-19-35-70(61)78-71)54-38-41-58-57-29-14-16-31-62(57)74(65(58)46-54,52-25-10-4-11-26-52)53-27-12-5-13-28-53/h4-5,10-20,25-50,56H,2-3,6-9,21-24H2,1H3. The molecule has 9 aromatic carbocycles. The summed E-state index contributed by atoms with van der Waals surface area (Å²) >= 11 is 1.89. The first-order valence-corrected chi connectivity index (χ1v) is 30.0. The number of hydrogen-bond donors (Lipinski definition) is 0. The monoisotopic (exact) mass is 1030 g/mol. The number of nitrogens with zero attached hydrogens (tertiary/aromatic N) is 1. The van der Waals surface area contributed by atoms with Crippen LogP contribution in [0.3, 0.4) is 0 Å². The van der Waals surface area contributed by atoms with Gasteiger partial charge in [0.2, 0.25) is 0 Å². The summed E-state index contributed by atoms with van der Waals surface area (Å²) < 4.78 is 9.89. The minimum atomic E-state index is -0.575. The second kappa shape index (κ2) is 18.2. The van der Waals surface area contributed by atoms with E-state index in [-0.39, 0.29) is 0 Å². The Balaban J connectivity index is 0.981. The van der Waals surface area contributed by atoms with Crippen LogP contribution in [0.5, 0.6) is 11.5 Å². The van der Waals surface area contributed by atoms with Gasteiger partial charge in [0.25, 0.3) is 0 Å². The van der Waals surface area contributed by atoms with Gasteiger partial charge in [0.15, 0.2) is 0 Å². The molecule has 2 saturated carbocycles. The lowest BCUT2D eigenvalue weighted by molar-refractivity contribution is 0.238. The lowest BCUT2D eigenvalue weighted by Gasteiger charge is -2.46. The zero-order valence-corrected chi connectivity index (χ0v) is 45.2. The number of thiophene rings is 1. The van der Waals surface area contributed by atoms with E-state index in [9.17, 15) is 0 Å². The number of para-hydroxylation sites is 1. The minimum Gasteiger partial charge on any atom is -0.457 e. The molecule has 1 aliphatic heterocycles. The predicted molar refractivity (Wildman–Crippen MR) is 325 cm³/mol. The Morgan fingerprint density at radius 3 is 1.88 bits per heavy atom. The topological polar surface area (TPSA) is 12.5 Å². The highest BCUT2D eigenvalue weighted by Crippen LogP contribution is 2.67. The Hall–Kier alpha value is -7.72. The fourth-order valence-corrected chi connectivity index (χ4v) is 17.5. The lowest BCUT2D eigenvalue weighted by Crippen LogP contribution is -2.39. The number of rotatable bonds is 7. The fraction of sp³-hybridized carbons (Fsp3) is 0.227. The number of ether oxygens (including phenoxy) is 1. The maximum Gasteiger partial charge on any atom is 0.132 e. The summed E-state index contributed by atoms with van der Waals surface area (Å²) in [6.07, 6.45) is 18.4. The summed E-state index contributed by atoms with van der Waals surface area (Å²) in [4.78, 5) is 2.61. The summed E-state index contributed by atoms with van der Waals surface area (Å²) in [6, 6.07) is 79.1. The van der Waals surface area contributed by atoms with Gasteiger partial charge in [-0.15, -0.1) is 11.3 Å². The van der Waals surface area contributed by atoms with E-state index in [0.29, 0.717) is 23.7 Å². The molecule has 10 aromatic rings. The van der Waals surface area contributed by atoms with Crippen molar-refractivity contribution >= 4 is 54.1 Å². The summed E-state index contributed by atoms with van der Waals surface area (Å²) in [5, 5.41) is 2.57. The van der Waals surface area contributed by atoms with Gasteiger partial charge in [0.05, 0.1) is 16.5 Å². The molecule has 0 N–H and O–H groups in total. The Morgan fingerprint density at radius 1 is 0.474 bits per heavy atom. The first kappa shape index (κ1) is 46.4. The van der Waals surface area contributed by atoms with Gasteiger partial charge in [-0.25, -0.2) is 0 Å². The normalized spacial score (nSPS) is 20.9. The van der Waals surface area contributed by atoms with Gasteiger partial charge < -0.3 is 9.64 Å². The summed E-state index contributed by atoms with van der Waals surface area (Å²) in [6.45, 7) is 2.60. The zero-order valence-electron chi connectivity index (χ0n) is 44.4. The molecule has 16 rings (SSSR count). The number of hydrogen-bond acceptors (Lipinski definition) is 3. The molecule has 1 spiro atoms. The molecule has 0 amide bonds. The van der Waals surface area contributed by atoms with Crippen LogP contribution in [0, 0.1) is 17.8 Å². The van der Waals surface area contributed by atoms with E-state index in [1.807, 2.05) is 11.3 Å². The van der Waals surface area contributed by atoms with E-state index in [0.717, 1.165) is 22.9 Å². The van der Waals surface area contributed by atoms with Crippen molar-refractivity contribution in [2.75, 3.05) is 4.90 Å². The van der Waals surface area contributed by atoms with E-state index in [4.69, 9.17) is 4.74 Å². The Labute approximate surface area is 463 Å². The second-order valence-corrected chi connectivity index (χ2v) is 24.5. The van der Waals surface area contributed by atoms with Crippen molar-refractivity contribution in [3.8, 4) is 22.6 Å². The molecular weight excluding hydrogens is 963 g/mol. The van der Waals surface area contributed by atoms with E-state index in [1.54, 1.807) is 5.57 Å². The van der Waals surface area contributed by atoms with Gasteiger partial charge in [0.1, 0.15) is 11.5 Å². The van der Waals surface area contributed by atoms with Gasteiger partial charge in [-0.1, -0.05) is 209 Å². The summed E-state index contributed by atoms with van der Waals surface area (Å²) in [5.41, 5.74) is 19.9.